The van der Waals surface area contributed by atoms with Crippen molar-refractivity contribution in [1.82, 2.24) is 4.98 Å². The zero-order valence-electron chi connectivity index (χ0n) is 11.5. The van der Waals surface area contributed by atoms with Crippen LogP contribution in [0.25, 0.3) is 10.8 Å². The summed E-state index contributed by atoms with van der Waals surface area (Å²) in [6, 6.07) is 11.6. The van der Waals surface area contributed by atoms with Gasteiger partial charge < -0.3 is 10.4 Å². The average molecular weight is 282 g/mol. The molecule has 3 rings (SSSR count). The van der Waals surface area contributed by atoms with E-state index in [1.807, 2.05) is 31.2 Å². The molecule has 106 valence electrons. The minimum absolute atomic E-state index is 0.0785. The highest BCUT2D eigenvalue weighted by atomic mass is 19.1. The molecule has 21 heavy (non-hydrogen) atoms. The highest BCUT2D eigenvalue weighted by Gasteiger charge is 2.12. The summed E-state index contributed by atoms with van der Waals surface area (Å²) in [7, 11) is 0. The van der Waals surface area contributed by atoms with Crippen molar-refractivity contribution in [2.24, 2.45) is 0 Å². The topological polar surface area (TPSA) is 45.2 Å². The maximum atomic E-state index is 13.4. The molecule has 1 unspecified atom stereocenters. The van der Waals surface area contributed by atoms with E-state index < -0.39 is 0 Å². The molecule has 0 aliphatic heterocycles. The van der Waals surface area contributed by atoms with E-state index in [1.165, 1.54) is 18.2 Å². The summed E-state index contributed by atoms with van der Waals surface area (Å²) in [6.45, 7) is 1.88. The van der Waals surface area contributed by atoms with E-state index >= 15 is 0 Å². The average Bonchev–Trinajstić information content (AvgIpc) is 2.50. The summed E-state index contributed by atoms with van der Waals surface area (Å²) in [4.78, 5) is 4.14. The van der Waals surface area contributed by atoms with Gasteiger partial charge in [-0.25, -0.2) is 4.39 Å². The Morgan fingerprint density at radius 2 is 2.05 bits per heavy atom. The molecular weight excluding hydrogens is 267 g/mol. The van der Waals surface area contributed by atoms with E-state index in [0.717, 1.165) is 16.5 Å². The predicted molar refractivity (Wildman–Crippen MR) is 81.8 cm³/mol. The van der Waals surface area contributed by atoms with Crippen LogP contribution in [0, 0.1) is 5.82 Å². The van der Waals surface area contributed by atoms with E-state index in [9.17, 15) is 9.50 Å². The van der Waals surface area contributed by atoms with Crippen LogP contribution in [0.5, 0.6) is 5.75 Å². The molecule has 4 heteroatoms. The van der Waals surface area contributed by atoms with Gasteiger partial charge in [-0.05, 0) is 42.6 Å². The Bertz CT molecular complexity index is 783. The van der Waals surface area contributed by atoms with Crippen LogP contribution in [0.1, 0.15) is 18.5 Å². The van der Waals surface area contributed by atoms with Crippen LogP contribution in [-0.4, -0.2) is 10.1 Å². The normalized spacial score (nSPS) is 12.3. The minimum Gasteiger partial charge on any atom is -0.508 e. The smallest absolute Gasteiger partial charge is 0.123 e. The molecule has 1 atom stereocenters. The molecule has 3 aromatic rings. The SMILES string of the molecule is CC(Nc1cccc2ccncc12)c1cc(F)ccc1O. The number of rotatable bonds is 3. The quantitative estimate of drug-likeness (QED) is 0.754. The summed E-state index contributed by atoms with van der Waals surface area (Å²) in [6.07, 6.45) is 3.53. The Morgan fingerprint density at radius 3 is 2.90 bits per heavy atom. The van der Waals surface area contributed by atoms with Crippen molar-refractivity contribution in [3.63, 3.8) is 0 Å². The number of hydrogen-bond donors (Lipinski definition) is 2. The number of benzene rings is 2. The second-order valence-corrected chi connectivity index (χ2v) is 4.97. The van der Waals surface area contributed by atoms with E-state index in [4.69, 9.17) is 0 Å². The van der Waals surface area contributed by atoms with Crippen molar-refractivity contribution >= 4 is 16.5 Å². The van der Waals surface area contributed by atoms with E-state index in [-0.39, 0.29) is 17.6 Å². The number of hydrogen-bond acceptors (Lipinski definition) is 3. The lowest BCUT2D eigenvalue weighted by Crippen LogP contribution is -2.07. The molecule has 3 nitrogen and oxygen atoms in total. The molecule has 0 saturated heterocycles. The van der Waals surface area contributed by atoms with E-state index in [0.29, 0.717) is 5.56 Å². The van der Waals surface area contributed by atoms with Crippen molar-refractivity contribution in [2.45, 2.75) is 13.0 Å². The van der Waals surface area contributed by atoms with Gasteiger partial charge in [-0.1, -0.05) is 12.1 Å². The summed E-state index contributed by atoms with van der Waals surface area (Å²) < 4.78 is 13.4. The third-order valence-electron chi connectivity index (χ3n) is 3.51. The van der Waals surface area contributed by atoms with Gasteiger partial charge in [0.15, 0.2) is 0 Å². The van der Waals surface area contributed by atoms with Gasteiger partial charge in [-0.3, -0.25) is 4.98 Å². The summed E-state index contributed by atoms with van der Waals surface area (Å²) >= 11 is 0. The zero-order chi connectivity index (χ0) is 14.8. The molecule has 2 N–H and O–H groups in total. The van der Waals surface area contributed by atoms with Gasteiger partial charge in [-0.15, -0.1) is 0 Å². The van der Waals surface area contributed by atoms with Gasteiger partial charge >= 0.3 is 0 Å². The molecule has 1 heterocycles. The number of phenols is 1. The van der Waals surface area contributed by atoms with Crippen molar-refractivity contribution in [3.8, 4) is 5.75 Å². The van der Waals surface area contributed by atoms with E-state index in [1.54, 1.807) is 12.4 Å². The number of aromatic hydroxyl groups is 1. The first-order valence-corrected chi connectivity index (χ1v) is 6.73. The molecule has 0 fully saturated rings. The van der Waals surface area contributed by atoms with Gasteiger partial charge in [0.25, 0.3) is 0 Å². The van der Waals surface area contributed by atoms with Gasteiger partial charge in [0.05, 0.1) is 6.04 Å². The van der Waals surface area contributed by atoms with Crippen LogP contribution < -0.4 is 5.32 Å². The number of aromatic nitrogens is 1. The first-order chi connectivity index (χ1) is 10.1. The monoisotopic (exact) mass is 282 g/mol. The Balaban J connectivity index is 1.96. The molecule has 0 amide bonds. The Labute approximate surface area is 122 Å². The van der Waals surface area contributed by atoms with Crippen molar-refractivity contribution in [1.29, 1.82) is 0 Å². The van der Waals surface area contributed by atoms with Crippen molar-refractivity contribution < 1.29 is 9.50 Å². The second kappa shape index (κ2) is 5.40. The molecule has 1 aromatic heterocycles. The number of pyridine rings is 1. The van der Waals surface area contributed by atoms with Gasteiger partial charge in [-0.2, -0.15) is 0 Å². The molecule has 0 spiro atoms. The number of phenolic OH excluding ortho intramolecular Hbond substituents is 1. The minimum atomic E-state index is -0.365. The first-order valence-electron chi connectivity index (χ1n) is 6.73. The third-order valence-corrected chi connectivity index (χ3v) is 3.51. The fraction of sp³-hybridized carbons (Fsp3) is 0.118. The van der Waals surface area contributed by atoms with Gasteiger partial charge in [0, 0.05) is 29.0 Å². The Hall–Kier alpha value is -2.62. The van der Waals surface area contributed by atoms with Gasteiger partial charge in [0.1, 0.15) is 11.6 Å². The molecule has 0 radical (unpaired) electrons. The lowest BCUT2D eigenvalue weighted by Gasteiger charge is -2.18. The number of fused-ring (bicyclic) bond motifs is 1. The Morgan fingerprint density at radius 1 is 1.19 bits per heavy atom. The van der Waals surface area contributed by atoms with E-state index in [2.05, 4.69) is 10.3 Å². The highest BCUT2D eigenvalue weighted by molar-refractivity contribution is 5.93. The number of nitrogens with zero attached hydrogens (tertiary/aromatic N) is 1. The van der Waals surface area contributed by atoms with Crippen LogP contribution in [0.4, 0.5) is 10.1 Å². The number of nitrogens with one attached hydrogen (secondary N) is 1. The summed E-state index contributed by atoms with van der Waals surface area (Å²) in [5.41, 5.74) is 1.42. The zero-order valence-corrected chi connectivity index (χ0v) is 11.5. The van der Waals surface area contributed by atoms with Crippen LogP contribution in [-0.2, 0) is 0 Å². The molecule has 0 bridgehead atoms. The Kier molecular flexibility index (Phi) is 3.44. The third kappa shape index (κ3) is 2.65. The maximum Gasteiger partial charge on any atom is 0.123 e. The fourth-order valence-corrected chi connectivity index (χ4v) is 2.42. The molecular formula is C17H15FN2O. The maximum absolute atomic E-state index is 13.4. The standard InChI is InChI=1S/C17H15FN2O/c1-11(14-9-13(18)5-6-17(14)21)20-16-4-2-3-12-7-8-19-10-15(12)16/h2-11,20-21H,1H3. The molecule has 0 aliphatic carbocycles. The first kappa shape index (κ1) is 13.4. The lowest BCUT2D eigenvalue weighted by atomic mass is 10.1. The van der Waals surface area contributed by atoms with Crippen molar-refractivity contribution in [3.05, 3.63) is 66.2 Å². The van der Waals surface area contributed by atoms with Gasteiger partial charge in [0.2, 0.25) is 0 Å². The van der Waals surface area contributed by atoms with Crippen LogP contribution in [0.2, 0.25) is 0 Å². The second-order valence-electron chi connectivity index (χ2n) is 4.97. The molecule has 0 aliphatic rings. The lowest BCUT2D eigenvalue weighted by molar-refractivity contribution is 0.462. The largest absolute Gasteiger partial charge is 0.508 e. The van der Waals surface area contributed by atoms with Crippen LogP contribution >= 0.6 is 0 Å². The molecule has 0 saturated carbocycles. The summed E-state index contributed by atoms with van der Waals surface area (Å²) in [5.74, 6) is -0.286. The molecule has 2 aromatic carbocycles. The van der Waals surface area contributed by atoms with Crippen molar-refractivity contribution in [2.75, 3.05) is 5.32 Å². The fourth-order valence-electron chi connectivity index (χ4n) is 2.42. The van der Waals surface area contributed by atoms with Crippen LogP contribution in [0.3, 0.4) is 0 Å². The number of anilines is 1. The predicted octanol–water partition coefficient (Wildman–Crippen LogP) is 4.25. The summed E-state index contributed by atoms with van der Waals surface area (Å²) in [5, 5.41) is 15.2. The van der Waals surface area contributed by atoms with Crippen LogP contribution in [0.15, 0.2) is 54.9 Å². The number of halogens is 1. The highest BCUT2D eigenvalue weighted by Crippen LogP contribution is 2.30.